The van der Waals surface area contributed by atoms with E-state index in [0.717, 1.165) is 19.6 Å². The number of allylic oxidation sites excluding steroid dienone is 2. The van der Waals surface area contributed by atoms with Gasteiger partial charge in [0.05, 0.1) is 18.2 Å². The van der Waals surface area contributed by atoms with Gasteiger partial charge in [0.15, 0.2) is 0 Å². The quantitative estimate of drug-likeness (QED) is 0.0195. The molecule has 7 N–H and O–H groups in total. The third-order valence-electron chi connectivity index (χ3n) is 10.8. The molecule has 0 fully saturated rings. The van der Waals surface area contributed by atoms with E-state index in [2.05, 4.69) is 26.6 Å². The van der Waals surface area contributed by atoms with Crippen molar-refractivity contribution in [1.29, 1.82) is 0 Å². The summed E-state index contributed by atoms with van der Waals surface area (Å²) >= 11 is 0. The van der Waals surface area contributed by atoms with E-state index in [-0.39, 0.29) is 32.7 Å². The van der Waals surface area contributed by atoms with Crippen molar-refractivity contribution in [3.05, 3.63) is 12.2 Å². The van der Waals surface area contributed by atoms with Crippen molar-refractivity contribution in [1.82, 2.24) is 46.2 Å². The Balaban J connectivity index is 0. The van der Waals surface area contributed by atoms with Crippen LogP contribution in [0.1, 0.15) is 82.1 Å². The van der Waals surface area contributed by atoms with Crippen molar-refractivity contribution < 1.29 is 95.7 Å². The van der Waals surface area contributed by atoms with Crippen molar-refractivity contribution in [3.8, 4) is 0 Å². The van der Waals surface area contributed by atoms with Gasteiger partial charge >= 0.3 is 0 Å². The molecule has 64 heavy (non-hydrogen) atoms. The number of aliphatic hydroxyl groups excluding tert-OH is 2. The fourth-order valence-corrected chi connectivity index (χ4v) is 6.03. The van der Waals surface area contributed by atoms with Crippen LogP contribution in [-0.4, -0.2) is 190 Å². The largest absolute Gasteiger partial charge is 0.541 e. The number of carbonyl (C=O) groups is 9. The van der Waals surface area contributed by atoms with Crippen molar-refractivity contribution >= 4 is 65.7 Å². The SMILES string of the molecule is C/C=C/C[C@@H](C)[C@@H](O)C(C(=O)N[C@H](C(=O)C[C-]=O)[C@@H](C)O)N(C)C(=O)[C@H](C)N(C)C(=O)[C@H](C)NC(=O)[C@H](C)N(C)C(=O)[C@@H](C)NC(=O)[C@H](C)NC(=O)[C@H](C)N(C)C(=O)[C@H](C)N[C-]=O.[Y]. The zero-order valence-electron chi connectivity index (χ0n) is 39.2. The molecule has 0 aromatic carbocycles. The Morgan fingerprint density at radius 3 is 1.41 bits per heavy atom. The van der Waals surface area contributed by atoms with E-state index in [4.69, 9.17) is 0 Å². The van der Waals surface area contributed by atoms with Crippen LogP contribution in [0.2, 0.25) is 0 Å². The Morgan fingerprint density at radius 1 is 0.562 bits per heavy atom. The molecule has 0 bridgehead atoms. The molecule has 0 aliphatic carbocycles. The standard InChI is InChI=1S/C41H67N9O13.Y/c1-15-16-17-21(2)33(55)32(37(59)46-31(29(10)53)30(54)18-19-51)50(14)41(63)28(9)49(13)40(62)25(6)45-36(58)27(8)48(12)39(61)24(5)44-34(56)22(3)43-35(57)26(7)47(11)38(60)23(4)42-20-52;/h15-16,21-29,31-33,53,55H,17-18H2,1-14H3,(H,42,52)(H,43,57)(H,44,56)(H,45,58)(H,46,59);/q-2;/b16-15+;/t21-,22+,23+,24-,25+,26+,27+,28+,29-,31+,32?,33-;/m1./s1. The molecule has 23 heteroatoms. The predicted molar refractivity (Wildman–Crippen MR) is 228 cm³/mol. The predicted octanol–water partition coefficient (Wildman–Crippen LogP) is -3.19. The molecule has 0 aromatic rings. The Kier molecular flexibility index (Phi) is 27.8. The van der Waals surface area contributed by atoms with Gasteiger partial charge in [-0.1, -0.05) is 25.5 Å². The molecule has 0 aliphatic rings. The average Bonchev–Trinajstić information content (AvgIpc) is 3.24. The summed E-state index contributed by atoms with van der Waals surface area (Å²) in [7, 11) is 5.13. The maximum absolute atomic E-state index is 13.9. The molecule has 0 aromatic heterocycles. The zero-order valence-corrected chi connectivity index (χ0v) is 42.1. The maximum atomic E-state index is 13.9. The van der Waals surface area contributed by atoms with E-state index in [1.807, 2.05) is 0 Å². The first-order valence-electron chi connectivity index (χ1n) is 20.4. The van der Waals surface area contributed by atoms with E-state index in [0.29, 0.717) is 6.42 Å². The van der Waals surface area contributed by atoms with Gasteiger partial charge in [-0.25, -0.2) is 0 Å². The molecular weight excluding hydrogens is 915 g/mol. The van der Waals surface area contributed by atoms with Gasteiger partial charge in [-0.05, 0) is 74.7 Å². The third kappa shape index (κ3) is 17.7. The summed E-state index contributed by atoms with van der Waals surface area (Å²) in [6.45, 7) is 14.2. The number of amides is 9. The van der Waals surface area contributed by atoms with E-state index in [1.165, 1.54) is 96.3 Å². The van der Waals surface area contributed by atoms with Gasteiger partial charge in [-0.3, -0.25) is 49.4 Å². The van der Waals surface area contributed by atoms with Crippen molar-refractivity contribution in [2.24, 2.45) is 5.92 Å². The van der Waals surface area contributed by atoms with Gasteiger partial charge in [0.2, 0.25) is 47.3 Å². The normalized spacial score (nSPS) is 16.6. The van der Waals surface area contributed by atoms with Gasteiger partial charge in [0, 0.05) is 60.9 Å². The molecular formula is C41H67N9O13Y-2. The summed E-state index contributed by atoms with van der Waals surface area (Å²) in [5, 5.41) is 33.4. The van der Waals surface area contributed by atoms with Crippen molar-refractivity contribution in [2.45, 2.75) is 149 Å². The van der Waals surface area contributed by atoms with Crippen LogP contribution in [0.5, 0.6) is 0 Å². The molecule has 12 atom stereocenters. The molecule has 0 aliphatic heterocycles. The van der Waals surface area contributed by atoms with E-state index >= 15 is 0 Å². The molecule has 22 nitrogen and oxygen atoms in total. The number of carbonyl (C=O) groups excluding carboxylic acids is 11. The molecule has 0 rings (SSSR count). The van der Waals surface area contributed by atoms with Crippen LogP contribution < -0.4 is 26.6 Å². The molecule has 9 amide bonds. The van der Waals surface area contributed by atoms with Gasteiger partial charge < -0.3 is 66.0 Å². The molecule has 0 saturated heterocycles. The fourth-order valence-electron chi connectivity index (χ4n) is 6.03. The summed E-state index contributed by atoms with van der Waals surface area (Å²) < 4.78 is 0. The Labute approximate surface area is 400 Å². The summed E-state index contributed by atoms with van der Waals surface area (Å²) in [5.74, 6) is -7.54. The minimum atomic E-state index is -1.63. The number of nitrogens with zero attached hydrogens (tertiary/aromatic N) is 4. The first kappa shape index (κ1) is 61.4. The van der Waals surface area contributed by atoms with Crippen LogP contribution in [0.15, 0.2) is 12.2 Å². The molecule has 0 spiro atoms. The van der Waals surface area contributed by atoms with Crippen molar-refractivity contribution in [3.63, 3.8) is 0 Å². The number of nitrogens with one attached hydrogen (secondary N) is 5. The van der Waals surface area contributed by atoms with Gasteiger partial charge in [-0.15, -0.1) is 0 Å². The van der Waals surface area contributed by atoms with Crippen LogP contribution in [0.25, 0.3) is 0 Å². The Hall–Kier alpha value is -4.67. The van der Waals surface area contributed by atoms with Crippen LogP contribution in [-0.2, 0) is 85.4 Å². The topological polar surface area (TPSA) is 301 Å². The molecule has 359 valence electrons. The monoisotopic (exact) mass is 982 g/mol. The first-order valence-corrected chi connectivity index (χ1v) is 20.4. The third-order valence-corrected chi connectivity index (χ3v) is 10.8. The van der Waals surface area contributed by atoms with E-state index in [1.54, 1.807) is 26.0 Å². The number of hydrogen-bond acceptors (Lipinski definition) is 13. The van der Waals surface area contributed by atoms with Crippen LogP contribution in [0.4, 0.5) is 0 Å². The molecule has 0 saturated carbocycles. The second-order valence-electron chi connectivity index (χ2n) is 15.7. The van der Waals surface area contributed by atoms with Gasteiger partial charge in [0.1, 0.15) is 54.1 Å². The number of Topliss-reactive ketones (excluding diaryl/α,β-unsaturated/α-hetero) is 1. The molecule has 1 radical (unpaired) electrons. The smallest absolute Gasteiger partial charge is 0.246 e. The fraction of sp³-hybridized carbons (Fsp3) is 0.683. The summed E-state index contributed by atoms with van der Waals surface area (Å²) in [6.07, 6.45) is 2.90. The number of aliphatic hydroxyl groups is 2. The maximum Gasteiger partial charge on any atom is 0.246 e. The van der Waals surface area contributed by atoms with E-state index in [9.17, 15) is 63.0 Å². The van der Waals surface area contributed by atoms with Crippen LogP contribution in [0.3, 0.4) is 0 Å². The number of rotatable bonds is 26. The van der Waals surface area contributed by atoms with Crippen LogP contribution >= 0.6 is 0 Å². The average molecular weight is 983 g/mol. The Bertz CT molecular complexity index is 1700. The molecule has 1 unspecified atom stereocenters. The number of likely N-dealkylation sites (N-methyl/N-ethyl adjacent to an activating group) is 4. The van der Waals surface area contributed by atoms with Gasteiger partial charge in [-0.2, -0.15) is 6.41 Å². The van der Waals surface area contributed by atoms with Gasteiger partial charge in [0.25, 0.3) is 0 Å². The number of ketones is 1. The first-order chi connectivity index (χ1) is 29.1. The van der Waals surface area contributed by atoms with Crippen molar-refractivity contribution in [2.75, 3.05) is 28.2 Å². The minimum absolute atomic E-state index is 0. The number of hydrogen-bond donors (Lipinski definition) is 7. The van der Waals surface area contributed by atoms with E-state index < -0.39 is 132 Å². The summed E-state index contributed by atoms with van der Waals surface area (Å²) in [6, 6.07) is -11.3. The van der Waals surface area contributed by atoms with Crippen LogP contribution in [0, 0.1) is 5.92 Å². The molecule has 0 heterocycles. The second kappa shape index (κ2) is 29.0. The summed E-state index contributed by atoms with van der Waals surface area (Å²) in [5.41, 5.74) is 0. The summed E-state index contributed by atoms with van der Waals surface area (Å²) in [4.78, 5) is 144. The Morgan fingerprint density at radius 2 is 0.984 bits per heavy atom. The second-order valence-corrected chi connectivity index (χ2v) is 15.7. The zero-order chi connectivity index (χ0) is 49.2. The minimum Gasteiger partial charge on any atom is -0.541 e.